The monoisotopic (exact) mass is 302 g/mol. The number of hydrogen-bond donors (Lipinski definition) is 0. The minimum atomic E-state index is -0.237. The normalized spacial score (nSPS) is 12.3. The van der Waals surface area contributed by atoms with E-state index in [4.69, 9.17) is 9.47 Å². The van der Waals surface area contributed by atoms with Crippen molar-refractivity contribution in [3.63, 3.8) is 0 Å². The summed E-state index contributed by atoms with van der Waals surface area (Å²) >= 11 is 0. The van der Waals surface area contributed by atoms with Gasteiger partial charge in [-0.2, -0.15) is 0 Å². The first kappa shape index (κ1) is 18.2. The number of carbonyl (C=O) groups is 1. The lowest BCUT2D eigenvalue weighted by atomic mass is 10.1. The van der Waals surface area contributed by atoms with Crippen LogP contribution in [-0.4, -0.2) is 19.2 Å². The van der Waals surface area contributed by atoms with Gasteiger partial charge in [-0.25, -0.2) is 0 Å². The first-order chi connectivity index (χ1) is 10.6. The van der Waals surface area contributed by atoms with Gasteiger partial charge in [-0.1, -0.05) is 48.1 Å². The van der Waals surface area contributed by atoms with E-state index in [2.05, 4.69) is 31.2 Å². The highest BCUT2D eigenvalue weighted by molar-refractivity contribution is 5.66. The standard InChI is InChI=1S/C19H26O3/c1-16(8-7-9-17(2)14-22-18(3)20)12-13-21-15-19-10-5-4-6-11-19/h4-6,9-12H,7-8,13-15H2,1-3H3/b16-12+,17-9+. The van der Waals surface area contributed by atoms with Crippen LogP contribution < -0.4 is 0 Å². The third-order valence-corrected chi connectivity index (χ3v) is 3.20. The van der Waals surface area contributed by atoms with Crippen LogP contribution in [0.15, 0.2) is 53.6 Å². The number of ether oxygens (including phenoxy) is 2. The van der Waals surface area contributed by atoms with E-state index < -0.39 is 0 Å². The summed E-state index contributed by atoms with van der Waals surface area (Å²) in [6.07, 6.45) is 6.18. The van der Waals surface area contributed by atoms with Crippen LogP contribution >= 0.6 is 0 Å². The maximum Gasteiger partial charge on any atom is 0.302 e. The average molecular weight is 302 g/mol. The van der Waals surface area contributed by atoms with Crippen LogP contribution in [0.4, 0.5) is 0 Å². The highest BCUT2D eigenvalue weighted by Gasteiger charge is 1.95. The summed E-state index contributed by atoms with van der Waals surface area (Å²) in [5.41, 5.74) is 3.59. The molecule has 3 nitrogen and oxygen atoms in total. The molecule has 0 aliphatic heterocycles. The Morgan fingerprint density at radius 3 is 2.45 bits per heavy atom. The van der Waals surface area contributed by atoms with E-state index >= 15 is 0 Å². The molecule has 0 fully saturated rings. The van der Waals surface area contributed by atoms with Crippen LogP contribution in [0, 0.1) is 0 Å². The Balaban J connectivity index is 2.17. The van der Waals surface area contributed by atoms with Gasteiger partial charge in [0.2, 0.25) is 0 Å². The molecule has 1 aromatic carbocycles. The molecule has 120 valence electrons. The van der Waals surface area contributed by atoms with Crippen LogP contribution in [0.5, 0.6) is 0 Å². The first-order valence-corrected chi connectivity index (χ1v) is 7.64. The summed E-state index contributed by atoms with van der Waals surface area (Å²) in [7, 11) is 0. The van der Waals surface area contributed by atoms with Crippen molar-refractivity contribution in [1.29, 1.82) is 0 Å². The quantitative estimate of drug-likeness (QED) is 0.384. The van der Waals surface area contributed by atoms with Crippen LogP contribution in [0.2, 0.25) is 0 Å². The van der Waals surface area contributed by atoms with E-state index in [-0.39, 0.29) is 5.97 Å². The Bertz CT molecular complexity index is 501. The molecule has 0 saturated heterocycles. The Morgan fingerprint density at radius 1 is 1.05 bits per heavy atom. The van der Waals surface area contributed by atoms with Crippen molar-refractivity contribution in [1.82, 2.24) is 0 Å². The van der Waals surface area contributed by atoms with Crippen molar-refractivity contribution >= 4 is 5.97 Å². The van der Waals surface area contributed by atoms with E-state index in [1.54, 1.807) is 0 Å². The molecule has 1 rings (SSSR count). The Morgan fingerprint density at radius 2 is 1.77 bits per heavy atom. The Hall–Kier alpha value is -1.87. The van der Waals surface area contributed by atoms with Crippen molar-refractivity contribution in [2.24, 2.45) is 0 Å². The molecule has 0 bridgehead atoms. The maximum atomic E-state index is 10.7. The third kappa shape index (κ3) is 9.14. The molecule has 22 heavy (non-hydrogen) atoms. The highest BCUT2D eigenvalue weighted by atomic mass is 16.5. The molecule has 0 radical (unpaired) electrons. The van der Waals surface area contributed by atoms with Gasteiger partial charge in [-0.15, -0.1) is 0 Å². The number of carbonyl (C=O) groups excluding carboxylic acids is 1. The lowest BCUT2D eigenvalue weighted by Gasteiger charge is -2.04. The van der Waals surface area contributed by atoms with Gasteiger partial charge in [-0.05, 0) is 37.8 Å². The molecule has 0 saturated carbocycles. The van der Waals surface area contributed by atoms with Crippen molar-refractivity contribution in [3.8, 4) is 0 Å². The second kappa shape index (κ2) is 10.8. The highest BCUT2D eigenvalue weighted by Crippen LogP contribution is 2.08. The smallest absolute Gasteiger partial charge is 0.302 e. The van der Waals surface area contributed by atoms with E-state index in [0.29, 0.717) is 19.8 Å². The lowest BCUT2D eigenvalue weighted by Crippen LogP contribution is -2.01. The SMILES string of the molecule is CC(=O)OC/C(C)=C/CC/C(C)=C/COCc1ccccc1. The molecular formula is C19H26O3. The zero-order chi connectivity index (χ0) is 16.2. The fourth-order valence-electron chi connectivity index (χ4n) is 1.87. The summed E-state index contributed by atoms with van der Waals surface area (Å²) in [4.78, 5) is 10.7. The number of allylic oxidation sites excluding steroid dienone is 2. The second-order valence-corrected chi connectivity index (χ2v) is 5.42. The number of esters is 1. The molecular weight excluding hydrogens is 276 g/mol. The number of benzene rings is 1. The summed E-state index contributed by atoms with van der Waals surface area (Å²) in [6.45, 7) is 7.18. The molecule has 0 aromatic heterocycles. The van der Waals surface area contributed by atoms with E-state index in [9.17, 15) is 4.79 Å². The van der Waals surface area contributed by atoms with E-state index in [0.717, 1.165) is 18.4 Å². The minimum Gasteiger partial charge on any atom is -0.461 e. The van der Waals surface area contributed by atoms with Gasteiger partial charge < -0.3 is 9.47 Å². The van der Waals surface area contributed by atoms with Crippen molar-refractivity contribution in [2.45, 2.75) is 40.2 Å². The van der Waals surface area contributed by atoms with Gasteiger partial charge in [-0.3, -0.25) is 4.79 Å². The van der Waals surface area contributed by atoms with Gasteiger partial charge in [0.25, 0.3) is 0 Å². The molecule has 0 N–H and O–H groups in total. The summed E-state index contributed by atoms with van der Waals surface area (Å²) in [5, 5.41) is 0. The fourth-order valence-corrected chi connectivity index (χ4v) is 1.87. The molecule has 0 amide bonds. The van der Waals surface area contributed by atoms with Crippen molar-refractivity contribution in [3.05, 3.63) is 59.2 Å². The minimum absolute atomic E-state index is 0.237. The summed E-state index contributed by atoms with van der Waals surface area (Å²) in [6, 6.07) is 10.2. The molecule has 0 atom stereocenters. The van der Waals surface area contributed by atoms with Crippen LogP contribution in [0.3, 0.4) is 0 Å². The maximum absolute atomic E-state index is 10.7. The molecule has 0 spiro atoms. The van der Waals surface area contributed by atoms with E-state index in [1.165, 1.54) is 18.1 Å². The predicted molar refractivity (Wildman–Crippen MR) is 89.5 cm³/mol. The summed E-state index contributed by atoms with van der Waals surface area (Å²) in [5.74, 6) is -0.237. The van der Waals surface area contributed by atoms with Crippen molar-refractivity contribution in [2.75, 3.05) is 13.2 Å². The second-order valence-electron chi connectivity index (χ2n) is 5.42. The number of hydrogen-bond acceptors (Lipinski definition) is 3. The van der Waals surface area contributed by atoms with Crippen LogP contribution in [0.25, 0.3) is 0 Å². The predicted octanol–water partition coefficient (Wildman–Crippen LogP) is 4.44. The van der Waals surface area contributed by atoms with Gasteiger partial charge in [0, 0.05) is 6.92 Å². The molecule has 0 heterocycles. The van der Waals surface area contributed by atoms with Gasteiger partial charge in [0.15, 0.2) is 0 Å². The summed E-state index contributed by atoms with van der Waals surface area (Å²) < 4.78 is 10.6. The Kier molecular flexibility index (Phi) is 8.92. The van der Waals surface area contributed by atoms with Gasteiger partial charge in [0.05, 0.1) is 13.2 Å². The van der Waals surface area contributed by atoms with Crippen molar-refractivity contribution < 1.29 is 14.3 Å². The molecule has 1 aromatic rings. The van der Waals surface area contributed by atoms with Gasteiger partial charge >= 0.3 is 5.97 Å². The lowest BCUT2D eigenvalue weighted by molar-refractivity contribution is -0.139. The van der Waals surface area contributed by atoms with Crippen LogP contribution in [-0.2, 0) is 20.9 Å². The Labute approximate surface area is 133 Å². The topological polar surface area (TPSA) is 35.5 Å². The molecule has 0 unspecified atom stereocenters. The number of rotatable bonds is 9. The van der Waals surface area contributed by atoms with Gasteiger partial charge in [0.1, 0.15) is 6.61 Å². The zero-order valence-corrected chi connectivity index (χ0v) is 13.8. The largest absolute Gasteiger partial charge is 0.461 e. The van der Waals surface area contributed by atoms with E-state index in [1.807, 2.05) is 25.1 Å². The molecule has 3 heteroatoms. The zero-order valence-electron chi connectivity index (χ0n) is 13.8. The fraction of sp³-hybridized carbons (Fsp3) is 0.421. The molecule has 0 aliphatic carbocycles. The molecule has 0 aliphatic rings. The average Bonchev–Trinajstić information content (AvgIpc) is 2.50. The van der Waals surface area contributed by atoms with Crippen LogP contribution in [0.1, 0.15) is 39.2 Å². The third-order valence-electron chi connectivity index (χ3n) is 3.20. The first-order valence-electron chi connectivity index (χ1n) is 7.64.